The minimum absolute atomic E-state index is 0.0772. The maximum absolute atomic E-state index is 11.8. The number of rotatable bonds is 2. The van der Waals surface area contributed by atoms with Crippen LogP contribution in [-0.2, 0) is 16.2 Å². The molecule has 0 aliphatic heterocycles. The monoisotopic (exact) mass is 233 g/mol. The Balaban J connectivity index is 2.65. The van der Waals surface area contributed by atoms with Crippen LogP contribution in [0.1, 0.15) is 16.8 Å². The summed E-state index contributed by atoms with van der Waals surface area (Å²) in [5, 5.41) is 0.862. The van der Waals surface area contributed by atoms with Crippen LogP contribution in [0.3, 0.4) is 0 Å². The van der Waals surface area contributed by atoms with Crippen LogP contribution in [0, 0.1) is 13.8 Å². The molecule has 1 aromatic carbocycles. The molecule has 3 nitrogen and oxygen atoms in total. The SMILES string of the molecule is Cc1nc2ccccc2c(CC(=O)OF)c1C. The highest BCUT2D eigenvalue weighted by molar-refractivity contribution is 5.87. The standard InChI is InChI=1S/C13H12FNO2/c1-8-9(2)15-12-6-4-3-5-10(12)11(8)7-13(16)17-14/h3-6H,7H2,1-2H3. The molecular weight excluding hydrogens is 221 g/mol. The number of benzene rings is 1. The second kappa shape index (κ2) is 4.49. The van der Waals surface area contributed by atoms with E-state index in [0.717, 1.165) is 27.7 Å². The number of hydrogen-bond donors (Lipinski definition) is 0. The highest BCUT2D eigenvalue weighted by atomic mass is 19.3. The Morgan fingerprint density at radius 1 is 1.35 bits per heavy atom. The lowest BCUT2D eigenvalue weighted by Gasteiger charge is -2.10. The van der Waals surface area contributed by atoms with Gasteiger partial charge in [-0.3, -0.25) is 9.93 Å². The summed E-state index contributed by atoms with van der Waals surface area (Å²) >= 11 is 0. The van der Waals surface area contributed by atoms with Crippen LogP contribution in [0.5, 0.6) is 0 Å². The summed E-state index contributed by atoms with van der Waals surface area (Å²) in [5.41, 5.74) is 3.31. The molecule has 88 valence electrons. The lowest BCUT2D eigenvalue weighted by molar-refractivity contribution is -0.182. The summed E-state index contributed by atoms with van der Waals surface area (Å²) in [6.45, 7) is 3.74. The molecule has 0 spiro atoms. The Bertz CT molecular complexity index is 581. The number of carbonyl (C=O) groups excluding carboxylic acids is 1. The van der Waals surface area contributed by atoms with Gasteiger partial charge in [0.05, 0.1) is 11.9 Å². The fourth-order valence-electron chi connectivity index (χ4n) is 1.91. The molecule has 4 heteroatoms. The van der Waals surface area contributed by atoms with Crippen molar-refractivity contribution in [3.05, 3.63) is 41.1 Å². The van der Waals surface area contributed by atoms with Gasteiger partial charge in [-0.05, 0) is 31.0 Å². The van der Waals surface area contributed by atoms with Gasteiger partial charge in [-0.2, -0.15) is 0 Å². The van der Waals surface area contributed by atoms with Crippen LogP contribution in [-0.4, -0.2) is 11.0 Å². The van der Waals surface area contributed by atoms with E-state index in [-0.39, 0.29) is 6.42 Å². The van der Waals surface area contributed by atoms with Crippen molar-refractivity contribution in [2.45, 2.75) is 20.3 Å². The number of halogens is 1. The maximum Gasteiger partial charge on any atom is 0.353 e. The lowest BCUT2D eigenvalue weighted by Crippen LogP contribution is -2.06. The molecule has 1 aromatic heterocycles. The average Bonchev–Trinajstić information content (AvgIpc) is 2.34. The maximum atomic E-state index is 11.8. The fourth-order valence-corrected chi connectivity index (χ4v) is 1.91. The van der Waals surface area contributed by atoms with E-state index < -0.39 is 5.97 Å². The van der Waals surface area contributed by atoms with Gasteiger partial charge in [-0.25, -0.2) is 4.79 Å². The van der Waals surface area contributed by atoms with Crippen LogP contribution in [0.4, 0.5) is 4.53 Å². The van der Waals surface area contributed by atoms with Crippen LogP contribution >= 0.6 is 0 Å². The summed E-state index contributed by atoms with van der Waals surface area (Å²) < 4.78 is 11.8. The molecule has 0 fully saturated rings. The third-order valence-corrected chi connectivity index (χ3v) is 2.92. The summed E-state index contributed by atoms with van der Waals surface area (Å²) in [6.07, 6.45) is -0.0772. The zero-order valence-electron chi connectivity index (χ0n) is 9.66. The van der Waals surface area contributed by atoms with Crippen LogP contribution in [0.2, 0.25) is 0 Å². The van der Waals surface area contributed by atoms with Crippen LogP contribution in [0.15, 0.2) is 24.3 Å². The normalized spacial score (nSPS) is 10.5. The molecule has 2 aromatic rings. The van der Waals surface area contributed by atoms with E-state index >= 15 is 0 Å². The largest absolute Gasteiger partial charge is 0.353 e. The first-order valence-corrected chi connectivity index (χ1v) is 5.29. The van der Waals surface area contributed by atoms with Crippen molar-refractivity contribution in [1.29, 1.82) is 0 Å². The summed E-state index contributed by atoms with van der Waals surface area (Å²) in [4.78, 5) is 18.7. The third kappa shape index (κ3) is 2.11. The molecule has 0 bridgehead atoms. The van der Waals surface area contributed by atoms with Crippen molar-refractivity contribution in [2.75, 3.05) is 0 Å². The molecule has 1 heterocycles. The first-order chi connectivity index (χ1) is 8.13. The van der Waals surface area contributed by atoms with E-state index in [0.29, 0.717) is 0 Å². The topological polar surface area (TPSA) is 39.2 Å². The minimum atomic E-state index is -0.885. The lowest BCUT2D eigenvalue weighted by atomic mass is 9.99. The van der Waals surface area contributed by atoms with Gasteiger partial charge < -0.3 is 0 Å². The van der Waals surface area contributed by atoms with Crippen molar-refractivity contribution in [2.24, 2.45) is 0 Å². The van der Waals surface area contributed by atoms with Gasteiger partial charge in [0.1, 0.15) is 0 Å². The van der Waals surface area contributed by atoms with Crippen LogP contribution in [0.25, 0.3) is 10.9 Å². The van der Waals surface area contributed by atoms with Gasteiger partial charge in [-0.15, -0.1) is 0 Å². The summed E-state index contributed by atoms with van der Waals surface area (Å²) in [7, 11) is 0. The highest BCUT2D eigenvalue weighted by Crippen LogP contribution is 2.23. The Morgan fingerprint density at radius 3 is 2.76 bits per heavy atom. The second-order valence-electron chi connectivity index (χ2n) is 3.94. The first kappa shape index (κ1) is 11.5. The average molecular weight is 233 g/mol. The zero-order valence-corrected chi connectivity index (χ0v) is 9.66. The number of pyridine rings is 1. The first-order valence-electron chi connectivity index (χ1n) is 5.29. The highest BCUT2D eigenvalue weighted by Gasteiger charge is 2.13. The van der Waals surface area contributed by atoms with Gasteiger partial charge in [-0.1, -0.05) is 18.2 Å². The summed E-state index contributed by atoms with van der Waals surface area (Å²) in [6, 6.07) is 7.48. The van der Waals surface area contributed by atoms with E-state index in [1.54, 1.807) is 0 Å². The molecule has 0 unspecified atom stereocenters. The van der Waals surface area contributed by atoms with Crippen molar-refractivity contribution in [3.63, 3.8) is 0 Å². The molecule has 0 atom stereocenters. The minimum Gasteiger partial charge on any atom is -0.255 e. The molecular formula is C13H12FNO2. The van der Waals surface area contributed by atoms with E-state index in [1.165, 1.54) is 0 Å². The second-order valence-corrected chi connectivity index (χ2v) is 3.94. The molecule has 0 aliphatic rings. The molecule has 0 radical (unpaired) electrons. The van der Waals surface area contributed by atoms with Gasteiger partial charge in [0.2, 0.25) is 0 Å². The van der Waals surface area contributed by atoms with E-state index in [2.05, 4.69) is 9.93 Å². The van der Waals surface area contributed by atoms with Crippen molar-refractivity contribution >= 4 is 16.9 Å². The molecule has 0 amide bonds. The molecule has 0 saturated carbocycles. The smallest absolute Gasteiger partial charge is 0.255 e. The predicted octanol–water partition coefficient (Wildman–Crippen LogP) is 2.82. The van der Waals surface area contributed by atoms with Gasteiger partial charge >= 0.3 is 5.97 Å². The molecule has 0 aliphatic carbocycles. The molecule has 2 rings (SSSR count). The summed E-state index contributed by atoms with van der Waals surface area (Å²) in [5.74, 6) is -0.885. The van der Waals surface area contributed by atoms with E-state index in [4.69, 9.17) is 0 Å². The molecule has 0 N–H and O–H groups in total. The van der Waals surface area contributed by atoms with Crippen LogP contribution < -0.4 is 0 Å². The fraction of sp³-hybridized carbons (Fsp3) is 0.231. The van der Waals surface area contributed by atoms with Gasteiger partial charge in [0.25, 0.3) is 0 Å². The van der Waals surface area contributed by atoms with Gasteiger partial charge in [0.15, 0.2) is 0 Å². The number of carbonyl (C=O) groups is 1. The number of fused-ring (bicyclic) bond motifs is 1. The van der Waals surface area contributed by atoms with Crippen molar-refractivity contribution in [3.8, 4) is 0 Å². The number of hydrogen-bond acceptors (Lipinski definition) is 3. The molecule has 0 saturated heterocycles. The molecule has 17 heavy (non-hydrogen) atoms. The zero-order chi connectivity index (χ0) is 12.4. The van der Waals surface area contributed by atoms with Crippen molar-refractivity contribution < 1.29 is 14.3 Å². The Kier molecular flexibility index (Phi) is 3.04. The van der Waals surface area contributed by atoms with E-state index in [1.807, 2.05) is 38.1 Å². The number of para-hydroxylation sites is 1. The van der Waals surface area contributed by atoms with Gasteiger partial charge in [0, 0.05) is 15.6 Å². The quantitative estimate of drug-likeness (QED) is 0.800. The predicted molar refractivity (Wildman–Crippen MR) is 62.1 cm³/mol. The number of aromatic nitrogens is 1. The number of nitrogens with zero attached hydrogens (tertiary/aromatic N) is 1. The third-order valence-electron chi connectivity index (χ3n) is 2.92. The Morgan fingerprint density at radius 2 is 2.06 bits per heavy atom. The van der Waals surface area contributed by atoms with Crippen molar-refractivity contribution in [1.82, 2.24) is 4.98 Å². The van der Waals surface area contributed by atoms with E-state index in [9.17, 15) is 9.32 Å². The Labute approximate surface area is 98.1 Å². The Hall–Kier alpha value is -1.97. The number of aryl methyl sites for hydroxylation is 1.